The number of hydrogen-bond donors (Lipinski definition) is 0. The van der Waals surface area contributed by atoms with Crippen LogP contribution in [0, 0.1) is 0 Å². The highest BCUT2D eigenvalue weighted by Crippen LogP contribution is 2.53. The van der Waals surface area contributed by atoms with Gasteiger partial charge in [-0.25, -0.2) is 4.79 Å². The Hall–Kier alpha value is -0.240. The number of carbonyl (C=O) groups excluding carboxylic acids is 1. The molecule has 3 heteroatoms. The standard InChI is InChI=1S/C10H15ClO2/c1-2-10(11)8(12)13-9(10)6-4-3-5-7-9/h2-7H2,1H3/t10-/m1/s1. The first-order valence-electron chi connectivity index (χ1n) is 5.07. The summed E-state index contributed by atoms with van der Waals surface area (Å²) >= 11 is 6.30. The van der Waals surface area contributed by atoms with Crippen molar-refractivity contribution in [3.63, 3.8) is 0 Å². The zero-order valence-corrected chi connectivity index (χ0v) is 8.69. The Labute approximate surface area is 83.6 Å². The van der Waals surface area contributed by atoms with Crippen LogP contribution in [0.15, 0.2) is 0 Å². The van der Waals surface area contributed by atoms with E-state index in [4.69, 9.17) is 16.3 Å². The van der Waals surface area contributed by atoms with Crippen LogP contribution in [0.5, 0.6) is 0 Å². The lowest BCUT2D eigenvalue weighted by atomic mass is 9.70. The van der Waals surface area contributed by atoms with Crippen LogP contribution in [-0.2, 0) is 9.53 Å². The summed E-state index contributed by atoms with van der Waals surface area (Å²) in [6, 6.07) is 0. The number of hydrogen-bond acceptors (Lipinski definition) is 2. The monoisotopic (exact) mass is 202 g/mol. The van der Waals surface area contributed by atoms with Crippen LogP contribution in [0.3, 0.4) is 0 Å². The van der Waals surface area contributed by atoms with Crippen LogP contribution in [0.1, 0.15) is 45.4 Å². The quantitative estimate of drug-likeness (QED) is 0.483. The normalized spacial score (nSPS) is 36.9. The molecule has 0 aromatic heterocycles. The summed E-state index contributed by atoms with van der Waals surface area (Å²) in [7, 11) is 0. The molecule has 0 aromatic carbocycles. The van der Waals surface area contributed by atoms with Crippen molar-refractivity contribution in [2.24, 2.45) is 0 Å². The van der Waals surface area contributed by atoms with Crippen LogP contribution < -0.4 is 0 Å². The van der Waals surface area contributed by atoms with Crippen molar-refractivity contribution in [2.75, 3.05) is 0 Å². The lowest BCUT2D eigenvalue weighted by Crippen LogP contribution is -2.69. The summed E-state index contributed by atoms with van der Waals surface area (Å²) in [5.41, 5.74) is -0.307. The molecule has 1 aliphatic carbocycles. The zero-order valence-electron chi connectivity index (χ0n) is 7.94. The minimum atomic E-state index is -0.701. The van der Waals surface area contributed by atoms with E-state index in [-0.39, 0.29) is 11.6 Å². The molecule has 0 radical (unpaired) electrons. The van der Waals surface area contributed by atoms with Crippen LogP contribution in [0.4, 0.5) is 0 Å². The van der Waals surface area contributed by atoms with E-state index in [1.165, 1.54) is 6.42 Å². The fourth-order valence-corrected chi connectivity index (χ4v) is 2.83. The van der Waals surface area contributed by atoms with E-state index >= 15 is 0 Å². The van der Waals surface area contributed by atoms with Gasteiger partial charge in [-0.2, -0.15) is 0 Å². The SMILES string of the molecule is CC[C@@]1(Cl)C(=O)OC12CCCCC2. The van der Waals surface area contributed by atoms with E-state index in [1.54, 1.807) is 0 Å². The van der Waals surface area contributed by atoms with Gasteiger partial charge in [-0.3, -0.25) is 0 Å². The van der Waals surface area contributed by atoms with Crippen LogP contribution in [0.2, 0.25) is 0 Å². The molecule has 1 atom stereocenters. The molecule has 0 amide bonds. The van der Waals surface area contributed by atoms with Crippen molar-refractivity contribution in [3.8, 4) is 0 Å². The van der Waals surface area contributed by atoms with E-state index in [1.807, 2.05) is 6.92 Å². The van der Waals surface area contributed by atoms with E-state index in [0.717, 1.165) is 25.7 Å². The van der Waals surface area contributed by atoms with Crippen molar-refractivity contribution < 1.29 is 9.53 Å². The summed E-state index contributed by atoms with van der Waals surface area (Å²) < 4.78 is 5.30. The average Bonchev–Trinajstić information content (AvgIpc) is 2.18. The number of rotatable bonds is 1. The Morgan fingerprint density at radius 1 is 1.38 bits per heavy atom. The summed E-state index contributed by atoms with van der Waals surface area (Å²) in [6.45, 7) is 1.96. The topological polar surface area (TPSA) is 26.3 Å². The molecule has 13 heavy (non-hydrogen) atoms. The third-order valence-corrected chi connectivity index (χ3v) is 4.25. The second-order valence-electron chi connectivity index (χ2n) is 4.10. The van der Waals surface area contributed by atoms with Crippen LogP contribution in [0.25, 0.3) is 0 Å². The van der Waals surface area contributed by atoms with Gasteiger partial charge in [0.15, 0.2) is 4.87 Å². The molecule has 0 unspecified atom stereocenters. The van der Waals surface area contributed by atoms with Gasteiger partial charge in [0.2, 0.25) is 0 Å². The molecule has 1 heterocycles. The maximum Gasteiger partial charge on any atom is 0.332 e. The molecule has 1 saturated carbocycles. The van der Waals surface area contributed by atoms with Gasteiger partial charge in [0.05, 0.1) is 0 Å². The van der Waals surface area contributed by atoms with Crippen molar-refractivity contribution in [1.29, 1.82) is 0 Å². The number of carbonyl (C=O) groups is 1. The smallest absolute Gasteiger partial charge is 0.332 e. The molecule has 74 valence electrons. The van der Waals surface area contributed by atoms with Gasteiger partial charge in [0.1, 0.15) is 5.60 Å². The first kappa shape index (κ1) is 9.32. The van der Waals surface area contributed by atoms with Crippen molar-refractivity contribution in [2.45, 2.75) is 55.9 Å². The molecule has 2 rings (SSSR count). The van der Waals surface area contributed by atoms with Gasteiger partial charge in [-0.05, 0) is 32.1 Å². The predicted octanol–water partition coefficient (Wildman–Crippen LogP) is 2.63. The lowest BCUT2D eigenvalue weighted by molar-refractivity contribution is -0.213. The molecular weight excluding hydrogens is 188 g/mol. The van der Waals surface area contributed by atoms with Crippen molar-refractivity contribution in [3.05, 3.63) is 0 Å². The summed E-state index contributed by atoms with van der Waals surface area (Å²) in [4.78, 5) is 10.6. The van der Waals surface area contributed by atoms with E-state index in [0.29, 0.717) is 6.42 Å². The van der Waals surface area contributed by atoms with Gasteiger partial charge < -0.3 is 4.74 Å². The Balaban J connectivity index is 2.19. The second-order valence-corrected chi connectivity index (χ2v) is 4.74. The highest BCUT2D eigenvalue weighted by molar-refractivity contribution is 6.37. The Morgan fingerprint density at radius 3 is 2.46 bits per heavy atom. The fourth-order valence-electron chi connectivity index (χ4n) is 2.57. The Bertz CT molecular complexity index is 233. The van der Waals surface area contributed by atoms with Gasteiger partial charge in [0.25, 0.3) is 0 Å². The maximum absolute atomic E-state index is 11.3. The molecule has 2 aliphatic rings. The first-order chi connectivity index (χ1) is 6.15. The largest absolute Gasteiger partial charge is 0.455 e. The van der Waals surface area contributed by atoms with Gasteiger partial charge in [0, 0.05) is 0 Å². The van der Waals surface area contributed by atoms with E-state index < -0.39 is 4.87 Å². The minimum absolute atomic E-state index is 0.210. The molecular formula is C10H15ClO2. The molecule has 1 saturated heterocycles. The van der Waals surface area contributed by atoms with Gasteiger partial charge >= 0.3 is 5.97 Å². The third-order valence-electron chi connectivity index (χ3n) is 3.48. The Morgan fingerprint density at radius 2 is 2.00 bits per heavy atom. The van der Waals surface area contributed by atoms with Crippen LogP contribution >= 0.6 is 11.6 Å². The molecule has 0 bridgehead atoms. The highest BCUT2D eigenvalue weighted by Gasteiger charge is 2.66. The van der Waals surface area contributed by atoms with Crippen molar-refractivity contribution in [1.82, 2.24) is 0 Å². The summed E-state index contributed by atoms with van der Waals surface area (Å²) in [5, 5.41) is 0. The summed E-state index contributed by atoms with van der Waals surface area (Å²) in [5.74, 6) is -0.210. The van der Waals surface area contributed by atoms with Crippen LogP contribution in [-0.4, -0.2) is 16.4 Å². The zero-order chi connectivity index (χ0) is 9.53. The third kappa shape index (κ3) is 1.04. The van der Waals surface area contributed by atoms with Gasteiger partial charge in [-0.15, -0.1) is 11.6 Å². The van der Waals surface area contributed by atoms with E-state index in [9.17, 15) is 4.79 Å². The first-order valence-corrected chi connectivity index (χ1v) is 5.45. The lowest BCUT2D eigenvalue weighted by Gasteiger charge is -2.54. The molecule has 2 fully saturated rings. The molecule has 1 aliphatic heterocycles. The minimum Gasteiger partial charge on any atom is -0.455 e. The number of ether oxygens (including phenoxy) is 1. The molecule has 0 N–H and O–H groups in total. The Kier molecular flexibility index (Phi) is 2.06. The van der Waals surface area contributed by atoms with E-state index in [2.05, 4.69) is 0 Å². The van der Waals surface area contributed by atoms with Crippen molar-refractivity contribution >= 4 is 17.6 Å². The number of alkyl halides is 1. The van der Waals surface area contributed by atoms with Gasteiger partial charge in [-0.1, -0.05) is 13.3 Å². The molecule has 2 nitrogen and oxygen atoms in total. The fraction of sp³-hybridized carbons (Fsp3) is 0.900. The number of halogens is 1. The second kappa shape index (κ2) is 2.88. The highest BCUT2D eigenvalue weighted by atomic mass is 35.5. The summed E-state index contributed by atoms with van der Waals surface area (Å²) in [6.07, 6.45) is 6.12. The maximum atomic E-state index is 11.3. The molecule has 1 spiro atoms. The molecule has 0 aromatic rings. The average molecular weight is 203 g/mol. The predicted molar refractivity (Wildman–Crippen MR) is 50.8 cm³/mol. The number of esters is 1.